The van der Waals surface area contributed by atoms with Gasteiger partial charge in [0.25, 0.3) is 0 Å². The molecule has 1 aromatic heterocycles. The second kappa shape index (κ2) is 4.50. The van der Waals surface area contributed by atoms with E-state index in [1.807, 2.05) is 20.8 Å². The molecule has 0 aliphatic carbocycles. The van der Waals surface area contributed by atoms with E-state index in [4.69, 9.17) is 17.3 Å². The predicted molar refractivity (Wildman–Crippen MR) is 74.3 cm³/mol. The van der Waals surface area contributed by atoms with Crippen molar-refractivity contribution >= 4 is 23.1 Å². The first-order valence-electron chi connectivity index (χ1n) is 5.67. The van der Waals surface area contributed by atoms with Gasteiger partial charge in [0.1, 0.15) is 0 Å². The summed E-state index contributed by atoms with van der Waals surface area (Å²) in [6.45, 7) is 5.88. The third kappa shape index (κ3) is 2.02. The van der Waals surface area contributed by atoms with Gasteiger partial charge in [0.15, 0.2) is 0 Å². The van der Waals surface area contributed by atoms with Gasteiger partial charge in [-0.1, -0.05) is 11.6 Å². The van der Waals surface area contributed by atoms with E-state index >= 15 is 0 Å². The van der Waals surface area contributed by atoms with Crippen molar-refractivity contribution < 1.29 is 4.79 Å². The van der Waals surface area contributed by atoms with E-state index in [1.165, 1.54) is 0 Å². The molecule has 4 heteroatoms. The number of H-pyrrole nitrogens is 1. The molecule has 0 fully saturated rings. The Labute approximate surface area is 111 Å². The van der Waals surface area contributed by atoms with Crippen LogP contribution in [0.5, 0.6) is 0 Å². The van der Waals surface area contributed by atoms with Crippen molar-refractivity contribution in [3.63, 3.8) is 0 Å². The fraction of sp³-hybridized carbons (Fsp3) is 0.214. The van der Waals surface area contributed by atoms with Crippen LogP contribution in [0, 0.1) is 20.8 Å². The van der Waals surface area contributed by atoms with Crippen LogP contribution in [0.25, 0.3) is 0 Å². The summed E-state index contributed by atoms with van der Waals surface area (Å²) in [7, 11) is 0. The molecule has 0 saturated heterocycles. The third-order valence-corrected chi connectivity index (χ3v) is 3.63. The summed E-state index contributed by atoms with van der Waals surface area (Å²) < 4.78 is 0. The maximum Gasteiger partial charge on any atom is 0.209 e. The molecule has 3 nitrogen and oxygen atoms in total. The molecule has 0 aliphatic rings. The zero-order valence-corrected chi connectivity index (χ0v) is 11.4. The Morgan fingerprint density at radius 2 is 1.89 bits per heavy atom. The summed E-state index contributed by atoms with van der Waals surface area (Å²) in [5.41, 5.74) is 10.4. The van der Waals surface area contributed by atoms with Crippen LogP contribution in [0.4, 0.5) is 5.69 Å². The number of aromatic nitrogens is 1. The molecule has 0 bridgehead atoms. The molecule has 0 amide bonds. The second-order valence-electron chi connectivity index (χ2n) is 4.44. The third-order valence-electron chi connectivity index (χ3n) is 3.30. The first kappa shape index (κ1) is 12.7. The van der Waals surface area contributed by atoms with Gasteiger partial charge in [0.2, 0.25) is 5.78 Å². The van der Waals surface area contributed by atoms with Crippen molar-refractivity contribution in [3.05, 3.63) is 51.3 Å². The molecular formula is C14H15ClN2O. The number of hydrogen-bond donors (Lipinski definition) is 2. The van der Waals surface area contributed by atoms with Gasteiger partial charge in [-0.3, -0.25) is 4.79 Å². The highest BCUT2D eigenvalue weighted by atomic mass is 35.5. The molecule has 0 unspecified atom stereocenters. The molecule has 1 heterocycles. The van der Waals surface area contributed by atoms with Crippen molar-refractivity contribution in [1.29, 1.82) is 0 Å². The number of hydrogen-bond acceptors (Lipinski definition) is 2. The number of benzene rings is 1. The minimum Gasteiger partial charge on any atom is -0.398 e. The zero-order valence-electron chi connectivity index (χ0n) is 10.6. The molecule has 0 saturated carbocycles. The van der Waals surface area contributed by atoms with E-state index in [9.17, 15) is 4.79 Å². The maximum absolute atomic E-state index is 12.4. The van der Waals surface area contributed by atoms with Gasteiger partial charge < -0.3 is 10.7 Å². The van der Waals surface area contributed by atoms with Gasteiger partial charge in [-0.15, -0.1) is 0 Å². The number of carbonyl (C=O) groups excluding carboxylic acids is 1. The number of nitrogens with two attached hydrogens (primary N) is 1. The largest absolute Gasteiger partial charge is 0.398 e. The highest BCUT2D eigenvalue weighted by Gasteiger charge is 2.17. The van der Waals surface area contributed by atoms with Gasteiger partial charge in [0, 0.05) is 11.3 Å². The number of aromatic amines is 1. The lowest BCUT2D eigenvalue weighted by Gasteiger charge is -2.03. The SMILES string of the molecule is Cc1[nH]c(C(=O)c2ccc(N)c(Cl)c2)c(C)c1C. The predicted octanol–water partition coefficient (Wildman–Crippen LogP) is 3.41. The number of rotatable bonds is 2. The van der Waals surface area contributed by atoms with Gasteiger partial charge in [-0.25, -0.2) is 0 Å². The summed E-state index contributed by atoms with van der Waals surface area (Å²) in [4.78, 5) is 15.5. The van der Waals surface area contributed by atoms with Crippen LogP contribution in [0.2, 0.25) is 5.02 Å². The summed E-state index contributed by atoms with van der Waals surface area (Å²) in [6, 6.07) is 4.94. The Kier molecular flexibility index (Phi) is 3.18. The Morgan fingerprint density at radius 1 is 1.22 bits per heavy atom. The molecular weight excluding hydrogens is 248 g/mol. The van der Waals surface area contributed by atoms with Gasteiger partial charge in [0.05, 0.1) is 16.4 Å². The van der Waals surface area contributed by atoms with Crippen LogP contribution in [0.15, 0.2) is 18.2 Å². The normalized spacial score (nSPS) is 10.7. The van der Waals surface area contributed by atoms with E-state index in [-0.39, 0.29) is 5.78 Å². The lowest BCUT2D eigenvalue weighted by atomic mass is 10.0. The Balaban J connectivity index is 2.48. The van der Waals surface area contributed by atoms with Crippen LogP contribution in [-0.4, -0.2) is 10.8 Å². The summed E-state index contributed by atoms with van der Waals surface area (Å²) >= 11 is 5.93. The standard InChI is InChI=1S/C14H15ClN2O/c1-7-8(2)13(17-9(7)3)14(18)10-4-5-12(16)11(15)6-10/h4-6,17H,16H2,1-3H3. The maximum atomic E-state index is 12.4. The van der Waals surface area contributed by atoms with Gasteiger partial charge in [-0.2, -0.15) is 0 Å². The highest BCUT2D eigenvalue weighted by molar-refractivity contribution is 6.33. The van der Waals surface area contributed by atoms with Crippen molar-refractivity contribution in [1.82, 2.24) is 4.98 Å². The highest BCUT2D eigenvalue weighted by Crippen LogP contribution is 2.24. The average molecular weight is 263 g/mol. The number of halogens is 1. The summed E-state index contributed by atoms with van der Waals surface area (Å²) in [5, 5.41) is 0.401. The molecule has 2 aromatic rings. The van der Waals surface area contributed by atoms with E-state index < -0.39 is 0 Å². The minimum atomic E-state index is -0.0643. The number of nitrogen functional groups attached to an aromatic ring is 1. The summed E-state index contributed by atoms with van der Waals surface area (Å²) in [5.74, 6) is -0.0643. The van der Waals surface area contributed by atoms with E-state index in [0.717, 1.165) is 16.8 Å². The molecule has 0 radical (unpaired) electrons. The molecule has 0 spiro atoms. The quantitative estimate of drug-likeness (QED) is 0.644. The molecule has 18 heavy (non-hydrogen) atoms. The Hall–Kier alpha value is -1.74. The first-order chi connectivity index (χ1) is 8.41. The van der Waals surface area contributed by atoms with Crippen LogP contribution < -0.4 is 5.73 Å². The fourth-order valence-corrected chi connectivity index (χ4v) is 2.06. The van der Waals surface area contributed by atoms with Crippen molar-refractivity contribution in [2.75, 3.05) is 5.73 Å². The minimum absolute atomic E-state index is 0.0643. The molecule has 0 aliphatic heterocycles. The molecule has 94 valence electrons. The number of carbonyl (C=O) groups is 1. The Bertz CT molecular complexity index is 629. The molecule has 0 atom stereocenters. The van der Waals surface area contributed by atoms with Crippen molar-refractivity contribution in [2.24, 2.45) is 0 Å². The number of nitrogens with one attached hydrogen (secondary N) is 1. The Morgan fingerprint density at radius 3 is 2.39 bits per heavy atom. The van der Waals surface area contributed by atoms with Crippen molar-refractivity contribution in [2.45, 2.75) is 20.8 Å². The van der Waals surface area contributed by atoms with Crippen LogP contribution in [-0.2, 0) is 0 Å². The monoisotopic (exact) mass is 262 g/mol. The van der Waals surface area contributed by atoms with Gasteiger partial charge >= 0.3 is 0 Å². The first-order valence-corrected chi connectivity index (χ1v) is 6.05. The number of anilines is 1. The second-order valence-corrected chi connectivity index (χ2v) is 4.85. The average Bonchev–Trinajstić information content (AvgIpc) is 2.60. The van der Waals surface area contributed by atoms with Crippen LogP contribution >= 0.6 is 11.6 Å². The molecule has 3 N–H and O–H groups in total. The topological polar surface area (TPSA) is 58.9 Å². The van der Waals surface area contributed by atoms with Crippen molar-refractivity contribution in [3.8, 4) is 0 Å². The molecule has 1 aromatic carbocycles. The van der Waals surface area contributed by atoms with Crippen LogP contribution in [0.1, 0.15) is 32.9 Å². The zero-order chi connectivity index (χ0) is 13.4. The van der Waals surface area contributed by atoms with E-state index in [0.29, 0.717) is 22.0 Å². The van der Waals surface area contributed by atoms with Crippen LogP contribution in [0.3, 0.4) is 0 Å². The number of ketones is 1. The smallest absolute Gasteiger partial charge is 0.209 e. The lowest BCUT2D eigenvalue weighted by molar-refractivity contribution is 0.103. The van der Waals surface area contributed by atoms with Gasteiger partial charge in [-0.05, 0) is 50.1 Å². The van der Waals surface area contributed by atoms with E-state index in [2.05, 4.69) is 4.98 Å². The number of aryl methyl sites for hydroxylation is 1. The fourth-order valence-electron chi connectivity index (χ4n) is 1.88. The lowest BCUT2D eigenvalue weighted by Crippen LogP contribution is -2.04. The molecule has 2 rings (SSSR count). The summed E-state index contributed by atoms with van der Waals surface area (Å²) in [6.07, 6.45) is 0. The van der Waals surface area contributed by atoms with E-state index in [1.54, 1.807) is 18.2 Å².